The minimum absolute atomic E-state index is 0.0967. The molecule has 0 amide bonds. The van der Waals surface area contributed by atoms with E-state index in [9.17, 15) is 27.4 Å². The molecule has 0 radical (unpaired) electrons. The first-order valence-electron chi connectivity index (χ1n) is 8.46. The molecule has 150 valence electrons. The second-order valence-corrected chi connectivity index (χ2v) is 8.11. The Morgan fingerprint density at radius 2 is 1.89 bits per heavy atom. The fraction of sp³-hybridized carbons (Fsp3) is 0.278. The minimum atomic E-state index is -4.66. The highest BCUT2D eigenvalue weighted by atomic mass is 31.2. The number of pyridine rings is 1. The zero-order chi connectivity index (χ0) is 20.7. The Balaban J connectivity index is 2.24. The highest BCUT2D eigenvalue weighted by molar-refractivity contribution is 7.61. The number of hydrogen-bond acceptors (Lipinski definition) is 3. The standard InChI is InChI=1S/C18H18F3N2O4P/c1-3-11(2)27-28(25,26)16-9-12-8-15(23-6-4-5-7-23)13(18(19,20)21)10-14(12)22-17(16)24/h4-11H,3H2,1-2H3,(H,22,24)(H,25,26). The van der Waals surface area contributed by atoms with Crippen LogP contribution in [-0.4, -0.2) is 20.5 Å². The van der Waals surface area contributed by atoms with Gasteiger partial charge in [-0.1, -0.05) is 6.92 Å². The molecule has 2 atom stereocenters. The van der Waals surface area contributed by atoms with Gasteiger partial charge in [-0.3, -0.25) is 9.36 Å². The Labute approximate surface area is 158 Å². The average Bonchev–Trinajstić information content (AvgIpc) is 3.13. The van der Waals surface area contributed by atoms with Crippen LogP contribution in [0.4, 0.5) is 13.2 Å². The molecule has 0 bridgehead atoms. The number of benzene rings is 1. The molecule has 2 aromatic heterocycles. The molecule has 2 unspecified atom stereocenters. The molecule has 0 spiro atoms. The number of H-pyrrole nitrogens is 1. The van der Waals surface area contributed by atoms with Crippen molar-refractivity contribution >= 4 is 23.8 Å². The third-order valence-electron chi connectivity index (χ3n) is 4.33. The zero-order valence-electron chi connectivity index (χ0n) is 15.0. The Hall–Kier alpha value is -2.35. The smallest absolute Gasteiger partial charge is 0.323 e. The first kappa shape index (κ1) is 20.4. The molecule has 0 aliphatic carbocycles. The van der Waals surface area contributed by atoms with Gasteiger partial charge in [-0.25, -0.2) is 0 Å². The third-order valence-corrected chi connectivity index (χ3v) is 5.92. The van der Waals surface area contributed by atoms with Crippen LogP contribution in [0, 0.1) is 0 Å². The van der Waals surface area contributed by atoms with E-state index in [-0.39, 0.29) is 16.6 Å². The van der Waals surface area contributed by atoms with Gasteiger partial charge in [0, 0.05) is 23.3 Å². The number of nitrogens with one attached hydrogen (secondary N) is 1. The molecule has 28 heavy (non-hydrogen) atoms. The largest absolute Gasteiger partial charge is 0.418 e. The van der Waals surface area contributed by atoms with Gasteiger partial charge >= 0.3 is 13.8 Å². The summed E-state index contributed by atoms with van der Waals surface area (Å²) in [6, 6.07) is 6.27. The van der Waals surface area contributed by atoms with Crippen LogP contribution < -0.4 is 10.9 Å². The molecule has 0 aliphatic rings. The zero-order valence-corrected chi connectivity index (χ0v) is 15.9. The summed E-state index contributed by atoms with van der Waals surface area (Å²) in [5.74, 6) is 0. The summed E-state index contributed by atoms with van der Waals surface area (Å²) in [5, 5.41) is -0.341. The van der Waals surface area contributed by atoms with Crippen LogP contribution in [0.25, 0.3) is 16.6 Å². The maximum atomic E-state index is 13.5. The minimum Gasteiger partial charge on any atom is -0.323 e. The Morgan fingerprint density at radius 1 is 1.25 bits per heavy atom. The fourth-order valence-corrected chi connectivity index (χ4v) is 4.12. The molecule has 2 heterocycles. The number of nitrogens with zero attached hydrogens (tertiary/aromatic N) is 1. The Bertz CT molecular complexity index is 1110. The molecule has 0 saturated carbocycles. The number of hydrogen-bond donors (Lipinski definition) is 2. The van der Waals surface area contributed by atoms with E-state index in [2.05, 4.69) is 4.98 Å². The predicted molar refractivity (Wildman–Crippen MR) is 99.2 cm³/mol. The first-order valence-corrected chi connectivity index (χ1v) is 10.0. The molecular weight excluding hydrogens is 396 g/mol. The predicted octanol–water partition coefficient (Wildman–Crippen LogP) is 3.96. The van der Waals surface area contributed by atoms with Crippen molar-refractivity contribution in [1.29, 1.82) is 0 Å². The summed E-state index contributed by atoms with van der Waals surface area (Å²) in [6.07, 6.45) is -1.88. The van der Waals surface area contributed by atoms with Gasteiger partial charge in [-0.2, -0.15) is 13.2 Å². The van der Waals surface area contributed by atoms with Gasteiger partial charge in [-0.05, 0) is 43.7 Å². The van der Waals surface area contributed by atoms with Crippen molar-refractivity contribution in [2.75, 3.05) is 0 Å². The summed E-state index contributed by atoms with van der Waals surface area (Å²) in [6.45, 7) is 3.33. The van der Waals surface area contributed by atoms with Gasteiger partial charge in [0.15, 0.2) is 0 Å². The molecule has 0 aliphatic heterocycles. The van der Waals surface area contributed by atoms with Crippen molar-refractivity contribution in [3.8, 4) is 5.69 Å². The van der Waals surface area contributed by atoms with E-state index in [1.54, 1.807) is 26.0 Å². The average molecular weight is 414 g/mol. The highest BCUT2D eigenvalue weighted by Crippen LogP contribution is 2.42. The molecule has 3 rings (SSSR count). The normalized spacial score (nSPS) is 15.5. The van der Waals surface area contributed by atoms with Gasteiger partial charge < -0.3 is 19.0 Å². The van der Waals surface area contributed by atoms with Crippen LogP contribution in [0.5, 0.6) is 0 Å². The number of rotatable bonds is 5. The quantitative estimate of drug-likeness (QED) is 0.619. The topological polar surface area (TPSA) is 84.3 Å². The second kappa shape index (κ2) is 7.24. The van der Waals surface area contributed by atoms with E-state index in [4.69, 9.17) is 4.52 Å². The van der Waals surface area contributed by atoms with E-state index >= 15 is 0 Å². The highest BCUT2D eigenvalue weighted by Gasteiger charge is 2.35. The molecule has 1 aromatic carbocycles. The van der Waals surface area contributed by atoms with Crippen LogP contribution in [-0.2, 0) is 15.3 Å². The van der Waals surface area contributed by atoms with Crippen molar-refractivity contribution in [2.45, 2.75) is 32.5 Å². The maximum absolute atomic E-state index is 13.5. The fourth-order valence-electron chi connectivity index (χ4n) is 2.75. The summed E-state index contributed by atoms with van der Waals surface area (Å²) in [5.41, 5.74) is -2.18. The van der Waals surface area contributed by atoms with Crippen LogP contribution in [0.3, 0.4) is 0 Å². The lowest BCUT2D eigenvalue weighted by molar-refractivity contribution is -0.137. The summed E-state index contributed by atoms with van der Waals surface area (Å²) in [4.78, 5) is 24.7. The maximum Gasteiger partial charge on any atom is 0.418 e. The van der Waals surface area contributed by atoms with Gasteiger partial charge in [0.1, 0.15) is 5.30 Å². The van der Waals surface area contributed by atoms with Crippen molar-refractivity contribution in [3.05, 3.63) is 58.6 Å². The lowest BCUT2D eigenvalue weighted by Crippen LogP contribution is -2.29. The number of aromatic amines is 1. The van der Waals surface area contributed by atoms with E-state index in [1.165, 1.54) is 23.0 Å². The van der Waals surface area contributed by atoms with Crippen LogP contribution in [0.1, 0.15) is 25.8 Å². The van der Waals surface area contributed by atoms with E-state index in [1.807, 2.05) is 0 Å². The van der Waals surface area contributed by atoms with E-state index in [0.29, 0.717) is 6.42 Å². The monoisotopic (exact) mass is 414 g/mol. The molecule has 0 saturated heterocycles. The number of fused-ring (bicyclic) bond motifs is 1. The first-order chi connectivity index (χ1) is 13.0. The van der Waals surface area contributed by atoms with Crippen LogP contribution in [0.2, 0.25) is 0 Å². The summed E-state index contributed by atoms with van der Waals surface area (Å²) >= 11 is 0. The number of halogens is 3. The molecule has 10 heteroatoms. The molecule has 0 fully saturated rings. The second-order valence-electron chi connectivity index (χ2n) is 6.37. The third kappa shape index (κ3) is 3.92. The van der Waals surface area contributed by atoms with Gasteiger partial charge in [0.2, 0.25) is 0 Å². The lowest BCUT2D eigenvalue weighted by atomic mass is 10.1. The van der Waals surface area contributed by atoms with Crippen molar-refractivity contribution in [3.63, 3.8) is 0 Å². The van der Waals surface area contributed by atoms with Gasteiger partial charge in [-0.15, -0.1) is 0 Å². The lowest BCUT2D eigenvalue weighted by Gasteiger charge is -2.18. The van der Waals surface area contributed by atoms with Crippen molar-refractivity contribution in [2.24, 2.45) is 0 Å². The molecule has 3 aromatic rings. The summed E-state index contributed by atoms with van der Waals surface area (Å²) < 4.78 is 59.4. The molecular formula is C18H18F3N2O4P. The summed E-state index contributed by atoms with van der Waals surface area (Å²) in [7, 11) is -4.45. The van der Waals surface area contributed by atoms with E-state index < -0.39 is 36.3 Å². The van der Waals surface area contributed by atoms with Crippen LogP contribution >= 0.6 is 7.60 Å². The molecule has 2 N–H and O–H groups in total. The van der Waals surface area contributed by atoms with E-state index in [0.717, 1.165) is 12.1 Å². The van der Waals surface area contributed by atoms with Crippen molar-refractivity contribution in [1.82, 2.24) is 9.55 Å². The van der Waals surface area contributed by atoms with Crippen molar-refractivity contribution < 1.29 is 27.2 Å². The Morgan fingerprint density at radius 3 is 2.46 bits per heavy atom. The van der Waals surface area contributed by atoms with Gasteiger partial charge in [0.25, 0.3) is 5.56 Å². The van der Waals surface area contributed by atoms with Crippen LogP contribution in [0.15, 0.2) is 47.5 Å². The number of alkyl halides is 3. The SMILES string of the molecule is CCC(C)OP(=O)(O)c1cc2cc(-n3cccc3)c(C(F)(F)F)cc2[nH]c1=O. The van der Waals surface area contributed by atoms with Gasteiger partial charge in [0.05, 0.1) is 17.4 Å². The molecule has 6 nitrogen and oxygen atoms in total. The number of aromatic nitrogens is 2. The Kier molecular flexibility index (Phi) is 5.27.